The second-order valence-corrected chi connectivity index (χ2v) is 8.53. The van der Waals surface area contributed by atoms with E-state index in [1.807, 2.05) is 13.8 Å². The first-order valence-corrected chi connectivity index (χ1v) is 10.2. The molecule has 25 heavy (non-hydrogen) atoms. The minimum absolute atomic E-state index is 0.242. The van der Waals surface area contributed by atoms with Crippen molar-refractivity contribution in [3.05, 3.63) is 11.4 Å². The van der Waals surface area contributed by atoms with E-state index in [0.717, 1.165) is 23.7 Å². The number of carbonyl (C=O) groups is 2. The molecule has 0 saturated heterocycles. The van der Waals surface area contributed by atoms with Gasteiger partial charge in [-0.25, -0.2) is 9.78 Å². The predicted octanol–water partition coefficient (Wildman–Crippen LogP) is 3.47. The molecule has 6 nitrogen and oxygen atoms in total. The molecule has 1 aromatic rings. The quantitative estimate of drug-likeness (QED) is 0.785. The predicted molar refractivity (Wildman–Crippen MR) is 98.8 cm³/mol. The molecule has 1 aromatic heterocycles. The average molecular weight is 365 g/mol. The zero-order valence-electron chi connectivity index (χ0n) is 15.3. The number of aryl methyl sites for hydroxylation is 1. The number of amides is 3. The maximum atomic E-state index is 12.3. The van der Waals surface area contributed by atoms with Crippen molar-refractivity contribution in [3.63, 3.8) is 0 Å². The first-order valence-electron chi connectivity index (χ1n) is 9.29. The van der Waals surface area contributed by atoms with Gasteiger partial charge in [0.1, 0.15) is 0 Å². The molecule has 0 aliphatic heterocycles. The molecular weight excluding hydrogens is 336 g/mol. The van der Waals surface area contributed by atoms with Crippen LogP contribution in [0.1, 0.15) is 69.3 Å². The van der Waals surface area contributed by atoms with E-state index in [1.54, 1.807) is 0 Å². The van der Waals surface area contributed by atoms with Gasteiger partial charge in [-0.05, 0) is 46.5 Å². The smallest absolute Gasteiger partial charge is 0.321 e. The minimum Gasteiger partial charge on any atom is -0.335 e. The summed E-state index contributed by atoms with van der Waals surface area (Å²) in [7, 11) is 0. The number of aromatic nitrogens is 2. The first-order chi connectivity index (χ1) is 12.0. The van der Waals surface area contributed by atoms with Crippen LogP contribution in [0.4, 0.5) is 4.79 Å². The molecule has 2 N–H and O–H groups in total. The van der Waals surface area contributed by atoms with E-state index < -0.39 is 0 Å². The van der Waals surface area contributed by atoms with Crippen LogP contribution in [-0.2, 0) is 4.79 Å². The average Bonchev–Trinajstić information content (AvgIpc) is 3.34. The van der Waals surface area contributed by atoms with Crippen LogP contribution in [0.5, 0.6) is 0 Å². The molecule has 2 aliphatic carbocycles. The molecule has 0 bridgehead atoms. The van der Waals surface area contributed by atoms with Gasteiger partial charge in [-0.2, -0.15) is 0 Å². The van der Waals surface area contributed by atoms with Gasteiger partial charge in [0.15, 0.2) is 5.16 Å². The SMILES string of the molecule is Cc1nc(SC(C)C(=O)NC(=O)NC2CC2)n(C2CCCCC2)c1C. The highest BCUT2D eigenvalue weighted by Crippen LogP contribution is 2.35. The van der Waals surface area contributed by atoms with E-state index in [1.165, 1.54) is 49.6 Å². The Labute approximate surface area is 153 Å². The van der Waals surface area contributed by atoms with Crippen molar-refractivity contribution in [1.29, 1.82) is 0 Å². The summed E-state index contributed by atoms with van der Waals surface area (Å²) in [6.45, 7) is 5.95. The van der Waals surface area contributed by atoms with Crippen LogP contribution in [0.25, 0.3) is 0 Å². The molecule has 3 amide bonds. The number of imide groups is 1. The highest BCUT2D eigenvalue weighted by atomic mass is 32.2. The third-order valence-electron chi connectivity index (χ3n) is 5.09. The second kappa shape index (κ2) is 7.81. The topological polar surface area (TPSA) is 76.0 Å². The molecule has 1 heterocycles. The number of urea groups is 1. The number of hydrogen-bond acceptors (Lipinski definition) is 4. The Kier molecular flexibility index (Phi) is 5.71. The molecule has 0 spiro atoms. The molecule has 2 saturated carbocycles. The molecule has 1 atom stereocenters. The van der Waals surface area contributed by atoms with Gasteiger partial charge in [0, 0.05) is 17.8 Å². The van der Waals surface area contributed by atoms with Crippen molar-refractivity contribution in [2.75, 3.05) is 0 Å². The lowest BCUT2D eigenvalue weighted by Gasteiger charge is -2.26. The highest BCUT2D eigenvalue weighted by Gasteiger charge is 2.27. The van der Waals surface area contributed by atoms with Gasteiger partial charge >= 0.3 is 6.03 Å². The van der Waals surface area contributed by atoms with Gasteiger partial charge in [-0.3, -0.25) is 10.1 Å². The lowest BCUT2D eigenvalue weighted by atomic mass is 9.95. The molecular formula is C18H28N4O2S. The fraction of sp³-hybridized carbons (Fsp3) is 0.722. The van der Waals surface area contributed by atoms with E-state index in [9.17, 15) is 9.59 Å². The van der Waals surface area contributed by atoms with Crippen LogP contribution in [0.15, 0.2) is 5.16 Å². The minimum atomic E-state index is -0.386. The van der Waals surface area contributed by atoms with Gasteiger partial charge in [0.25, 0.3) is 0 Å². The summed E-state index contributed by atoms with van der Waals surface area (Å²) in [5.74, 6) is -0.267. The Balaban J connectivity index is 1.65. The molecule has 7 heteroatoms. The van der Waals surface area contributed by atoms with Crippen molar-refractivity contribution in [2.45, 2.75) is 88.2 Å². The van der Waals surface area contributed by atoms with E-state index in [0.29, 0.717) is 6.04 Å². The van der Waals surface area contributed by atoms with Crippen LogP contribution in [0.3, 0.4) is 0 Å². The van der Waals surface area contributed by atoms with Crippen molar-refractivity contribution in [3.8, 4) is 0 Å². The standard InChI is InChI=1S/C18H28N4O2S/c1-11-12(2)22(15-7-5-4-6-8-15)18(19-11)25-13(3)16(23)21-17(24)20-14-9-10-14/h13-15H,4-10H2,1-3H3,(H2,20,21,23,24). The van der Waals surface area contributed by atoms with Gasteiger partial charge < -0.3 is 9.88 Å². The lowest BCUT2D eigenvalue weighted by Crippen LogP contribution is -2.43. The second-order valence-electron chi connectivity index (χ2n) is 7.22. The summed E-state index contributed by atoms with van der Waals surface area (Å²) in [6, 6.07) is 0.333. The lowest BCUT2D eigenvalue weighted by molar-refractivity contribution is -0.119. The summed E-state index contributed by atoms with van der Waals surface area (Å²) in [4.78, 5) is 28.8. The Hall–Kier alpha value is -1.50. The molecule has 0 aromatic carbocycles. The zero-order valence-corrected chi connectivity index (χ0v) is 16.1. The maximum Gasteiger partial charge on any atom is 0.321 e. The number of thioether (sulfide) groups is 1. The number of nitrogens with one attached hydrogen (secondary N) is 2. The molecule has 138 valence electrons. The number of rotatable bonds is 5. The van der Waals surface area contributed by atoms with Gasteiger partial charge in [-0.15, -0.1) is 0 Å². The van der Waals surface area contributed by atoms with Crippen molar-refractivity contribution in [1.82, 2.24) is 20.2 Å². The number of hydrogen-bond donors (Lipinski definition) is 2. The Morgan fingerprint density at radius 2 is 1.84 bits per heavy atom. The summed E-state index contributed by atoms with van der Waals surface area (Å²) in [6.07, 6.45) is 8.17. The first kappa shape index (κ1) is 18.3. The van der Waals surface area contributed by atoms with Crippen molar-refractivity contribution < 1.29 is 9.59 Å². The third-order valence-corrected chi connectivity index (χ3v) is 6.16. The van der Waals surface area contributed by atoms with Crippen LogP contribution < -0.4 is 10.6 Å². The molecule has 0 radical (unpaired) electrons. The Morgan fingerprint density at radius 3 is 2.48 bits per heavy atom. The van der Waals surface area contributed by atoms with Gasteiger partial charge in [0.2, 0.25) is 5.91 Å². The van der Waals surface area contributed by atoms with Crippen LogP contribution >= 0.6 is 11.8 Å². The van der Waals surface area contributed by atoms with Crippen LogP contribution in [-0.4, -0.2) is 32.8 Å². The molecule has 1 unspecified atom stereocenters. The van der Waals surface area contributed by atoms with E-state index in [2.05, 4.69) is 22.1 Å². The van der Waals surface area contributed by atoms with Crippen LogP contribution in [0, 0.1) is 13.8 Å². The number of imidazole rings is 1. The Morgan fingerprint density at radius 1 is 1.16 bits per heavy atom. The van der Waals surface area contributed by atoms with Crippen molar-refractivity contribution in [2.24, 2.45) is 0 Å². The summed E-state index contributed by atoms with van der Waals surface area (Å²) in [5, 5.41) is 5.75. The summed E-state index contributed by atoms with van der Waals surface area (Å²) >= 11 is 1.44. The molecule has 2 aliphatic rings. The van der Waals surface area contributed by atoms with E-state index in [4.69, 9.17) is 4.98 Å². The normalized spacial score (nSPS) is 19.5. The number of nitrogens with zero attached hydrogens (tertiary/aromatic N) is 2. The number of carbonyl (C=O) groups excluding carboxylic acids is 2. The Bertz CT molecular complexity index is 648. The fourth-order valence-corrected chi connectivity index (χ4v) is 4.39. The summed E-state index contributed by atoms with van der Waals surface area (Å²) < 4.78 is 2.31. The monoisotopic (exact) mass is 364 g/mol. The molecule has 3 rings (SSSR count). The summed E-state index contributed by atoms with van der Waals surface area (Å²) in [5.41, 5.74) is 2.21. The van der Waals surface area contributed by atoms with Gasteiger partial charge in [-0.1, -0.05) is 31.0 Å². The van der Waals surface area contributed by atoms with Gasteiger partial charge in [0.05, 0.1) is 10.9 Å². The van der Waals surface area contributed by atoms with E-state index in [-0.39, 0.29) is 23.2 Å². The fourth-order valence-electron chi connectivity index (χ4n) is 3.32. The highest BCUT2D eigenvalue weighted by molar-refractivity contribution is 8.00. The van der Waals surface area contributed by atoms with E-state index >= 15 is 0 Å². The third kappa shape index (κ3) is 4.57. The maximum absolute atomic E-state index is 12.3. The largest absolute Gasteiger partial charge is 0.335 e. The zero-order chi connectivity index (χ0) is 18.0. The van der Waals surface area contributed by atoms with Crippen molar-refractivity contribution >= 4 is 23.7 Å². The van der Waals surface area contributed by atoms with Crippen LogP contribution in [0.2, 0.25) is 0 Å². The molecule has 2 fully saturated rings.